The maximum atomic E-state index is 15.0. The quantitative estimate of drug-likeness (QED) is 0.362. The number of rotatable bonds is 8. The molecule has 1 aliphatic rings. The topological polar surface area (TPSA) is 154 Å². The van der Waals surface area contributed by atoms with Crippen molar-refractivity contribution in [2.45, 2.75) is 58.0 Å². The van der Waals surface area contributed by atoms with E-state index in [1.807, 2.05) is 13.0 Å². The normalized spacial score (nSPS) is 15.5. The lowest BCUT2D eigenvalue weighted by molar-refractivity contribution is 0.184. The molecular formula is C24H28FN9O2. The molecular weight excluding hydrogens is 465 g/mol. The fourth-order valence-corrected chi connectivity index (χ4v) is 4.63. The van der Waals surface area contributed by atoms with Crippen molar-refractivity contribution in [3.63, 3.8) is 0 Å². The molecule has 0 unspecified atom stereocenters. The molecule has 3 aromatic rings. The first-order valence-electron chi connectivity index (χ1n) is 11.8. The van der Waals surface area contributed by atoms with E-state index in [2.05, 4.69) is 36.1 Å². The molecule has 12 heteroatoms. The van der Waals surface area contributed by atoms with Crippen LogP contribution in [-0.2, 0) is 0 Å². The Morgan fingerprint density at radius 3 is 2.61 bits per heavy atom. The monoisotopic (exact) mass is 493 g/mol. The van der Waals surface area contributed by atoms with E-state index in [-0.39, 0.29) is 29.2 Å². The zero-order valence-electron chi connectivity index (χ0n) is 20.1. The third-order valence-corrected chi connectivity index (χ3v) is 6.40. The number of pyridine rings is 2. The van der Waals surface area contributed by atoms with Gasteiger partial charge in [0.15, 0.2) is 17.5 Å². The standard InChI is InChI=1S/C24H28FN9O2/c1-14-20(34-28-8-9-29-34)11-18(13-27-14)31-22-17(12-26)10-19(25)23(33-22)32-21(15(2)30-24(35)36)16-6-4-3-5-7-16/h8-11,13,15-16,21,30H,3-7H2,1-2H3,(H,35,36)(H2,31,32,33)/t15-,21+/m0/s1. The van der Waals surface area contributed by atoms with Crippen molar-refractivity contribution in [3.05, 3.63) is 47.8 Å². The van der Waals surface area contributed by atoms with E-state index in [0.29, 0.717) is 17.1 Å². The van der Waals surface area contributed by atoms with Gasteiger partial charge in [-0.2, -0.15) is 15.5 Å². The molecule has 0 aromatic carbocycles. The second-order valence-electron chi connectivity index (χ2n) is 8.91. The average molecular weight is 494 g/mol. The molecule has 0 radical (unpaired) electrons. The molecule has 0 aliphatic heterocycles. The molecule has 3 heterocycles. The van der Waals surface area contributed by atoms with E-state index in [1.54, 1.807) is 31.6 Å². The minimum absolute atomic E-state index is 0.0170. The van der Waals surface area contributed by atoms with Crippen molar-refractivity contribution < 1.29 is 14.3 Å². The molecule has 4 N–H and O–H groups in total. The van der Waals surface area contributed by atoms with Gasteiger partial charge in [0, 0.05) is 6.04 Å². The highest BCUT2D eigenvalue weighted by molar-refractivity contribution is 5.67. The van der Waals surface area contributed by atoms with Crippen LogP contribution in [0.5, 0.6) is 0 Å². The lowest BCUT2D eigenvalue weighted by atomic mass is 9.81. The van der Waals surface area contributed by atoms with Crippen molar-refractivity contribution in [2.24, 2.45) is 5.92 Å². The van der Waals surface area contributed by atoms with Gasteiger partial charge in [-0.25, -0.2) is 14.2 Å². The number of halogens is 1. The Kier molecular flexibility index (Phi) is 7.58. The highest BCUT2D eigenvalue weighted by atomic mass is 19.1. The first-order chi connectivity index (χ1) is 17.4. The molecule has 1 amide bonds. The maximum Gasteiger partial charge on any atom is 0.404 e. The fourth-order valence-electron chi connectivity index (χ4n) is 4.63. The summed E-state index contributed by atoms with van der Waals surface area (Å²) in [7, 11) is 0. The van der Waals surface area contributed by atoms with Gasteiger partial charge in [0.25, 0.3) is 0 Å². The summed E-state index contributed by atoms with van der Waals surface area (Å²) in [6.07, 6.45) is 8.55. The van der Waals surface area contributed by atoms with E-state index >= 15 is 4.39 Å². The largest absolute Gasteiger partial charge is 0.465 e. The molecule has 1 fully saturated rings. The van der Waals surface area contributed by atoms with Gasteiger partial charge in [0.05, 0.1) is 41.6 Å². The third-order valence-electron chi connectivity index (χ3n) is 6.40. The minimum Gasteiger partial charge on any atom is -0.465 e. The van der Waals surface area contributed by atoms with E-state index in [1.165, 1.54) is 4.80 Å². The molecule has 0 bridgehead atoms. The molecule has 4 rings (SSSR count). The number of aromatic nitrogens is 5. The van der Waals surface area contributed by atoms with Crippen molar-refractivity contribution in [1.82, 2.24) is 30.3 Å². The lowest BCUT2D eigenvalue weighted by Crippen LogP contribution is -2.49. The number of nitrogens with one attached hydrogen (secondary N) is 3. The van der Waals surface area contributed by atoms with E-state index in [4.69, 9.17) is 0 Å². The van der Waals surface area contributed by atoms with Crippen LogP contribution < -0.4 is 16.0 Å². The molecule has 1 aliphatic carbocycles. The van der Waals surface area contributed by atoms with Crippen molar-refractivity contribution in [2.75, 3.05) is 10.6 Å². The van der Waals surface area contributed by atoms with Gasteiger partial charge in [-0.15, -0.1) is 4.80 Å². The van der Waals surface area contributed by atoms with Crippen LogP contribution in [0, 0.1) is 30.0 Å². The first-order valence-corrected chi connectivity index (χ1v) is 11.8. The molecule has 1 saturated carbocycles. The second kappa shape index (κ2) is 11.0. The Balaban J connectivity index is 1.64. The first kappa shape index (κ1) is 24.8. The van der Waals surface area contributed by atoms with Gasteiger partial charge in [-0.3, -0.25) is 4.98 Å². The number of carbonyl (C=O) groups is 1. The van der Waals surface area contributed by atoms with Gasteiger partial charge in [-0.1, -0.05) is 19.3 Å². The van der Waals surface area contributed by atoms with Crippen LogP contribution in [0.4, 0.5) is 26.5 Å². The lowest BCUT2D eigenvalue weighted by Gasteiger charge is -2.35. The van der Waals surface area contributed by atoms with Crippen molar-refractivity contribution in [1.29, 1.82) is 5.26 Å². The SMILES string of the molecule is Cc1ncc(Nc2nc(N[C@@H](C3CCCCC3)[C@H](C)NC(=O)O)c(F)cc2C#N)cc1-n1nccn1. The zero-order valence-corrected chi connectivity index (χ0v) is 20.1. The van der Waals surface area contributed by atoms with Crippen molar-refractivity contribution in [3.8, 4) is 11.8 Å². The van der Waals surface area contributed by atoms with Crippen LogP contribution in [0.15, 0.2) is 30.7 Å². The van der Waals surface area contributed by atoms with Crippen LogP contribution in [-0.4, -0.2) is 48.2 Å². The summed E-state index contributed by atoms with van der Waals surface area (Å²) in [6, 6.07) is 3.98. The Labute approximate surface area is 207 Å². The van der Waals surface area contributed by atoms with Crippen LogP contribution in [0.1, 0.15) is 50.3 Å². The van der Waals surface area contributed by atoms with Crippen molar-refractivity contribution >= 4 is 23.4 Å². The average Bonchev–Trinajstić information content (AvgIpc) is 3.40. The van der Waals surface area contributed by atoms with Crippen LogP contribution >= 0.6 is 0 Å². The van der Waals surface area contributed by atoms with E-state index in [0.717, 1.165) is 38.2 Å². The minimum atomic E-state index is -1.14. The fraction of sp³-hybridized carbons (Fsp3) is 0.417. The predicted molar refractivity (Wildman–Crippen MR) is 131 cm³/mol. The predicted octanol–water partition coefficient (Wildman–Crippen LogP) is 4.14. The summed E-state index contributed by atoms with van der Waals surface area (Å²) in [5.74, 6) is -0.448. The van der Waals surface area contributed by atoms with Gasteiger partial charge in [-0.05, 0) is 44.7 Å². The summed E-state index contributed by atoms with van der Waals surface area (Å²) in [4.78, 5) is 21.5. The molecule has 0 saturated heterocycles. The Morgan fingerprint density at radius 2 is 1.94 bits per heavy atom. The second-order valence-corrected chi connectivity index (χ2v) is 8.91. The number of amides is 1. The highest BCUT2D eigenvalue weighted by Crippen LogP contribution is 2.31. The third kappa shape index (κ3) is 5.68. The summed E-state index contributed by atoms with van der Waals surface area (Å²) < 4.78 is 15.0. The van der Waals surface area contributed by atoms with Gasteiger partial charge < -0.3 is 21.1 Å². The van der Waals surface area contributed by atoms with Gasteiger partial charge in [0.1, 0.15) is 11.8 Å². The molecule has 36 heavy (non-hydrogen) atoms. The number of hydrogen-bond acceptors (Lipinski definition) is 8. The maximum absolute atomic E-state index is 15.0. The van der Waals surface area contributed by atoms with Crippen LogP contribution in [0.3, 0.4) is 0 Å². The number of nitriles is 1. The van der Waals surface area contributed by atoms with E-state index < -0.39 is 18.0 Å². The molecule has 0 spiro atoms. The molecule has 188 valence electrons. The zero-order chi connectivity index (χ0) is 25.7. The van der Waals surface area contributed by atoms with Gasteiger partial charge >= 0.3 is 6.09 Å². The highest BCUT2D eigenvalue weighted by Gasteiger charge is 2.30. The Hall–Kier alpha value is -4.27. The number of anilines is 3. The summed E-state index contributed by atoms with van der Waals surface area (Å²) >= 11 is 0. The summed E-state index contributed by atoms with van der Waals surface area (Å²) in [6.45, 7) is 3.57. The summed E-state index contributed by atoms with van der Waals surface area (Å²) in [5.41, 5.74) is 1.86. The number of hydrogen-bond donors (Lipinski definition) is 4. The number of aryl methyl sites for hydroxylation is 1. The number of carboxylic acid groups (broad SMARTS) is 1. The molecule has 3 aromatic heterocycles. The smallest absolute Gasteiger partial charge is 0.404 e. The molecule has 2 atom stereocenters. The Bertz CT molecular complexity index is 1250. The number of nitrogens with zero attached hydrogens (tertiary/aromatic N) is 6. The Morgan fingerprint density at radius 1 is 1.22 bits per heavy atom. The van der Waals surface area contributed by atoms with Crippen LogP contribution in [0.2, 0.25) is 0 Å². The van der Waals surface area contributed by atoms with E-state index in [9.17, 15) is 15.2 Å². The summed E-state index contributed by atoms with van der Waals surface area (Å²) in [5, 5.41) is 35.8. The van der Waals surface area contributed by atoms with Gasteiger partial charge in [0.2, 0.25) is 0 Å². The molecule has 11 nitrogen and oxygen atoms in total. The van der Waals surface area contributed by atoms with Crippen LogP contribution in [0.25, 0.3) is 5.69 Å².